The van der Waals surface area contributed by atoms with Gasteiger partial charge >= 0.3 is 12.2 Å². The van der Waals surface area contributed by atoms with Crippen molar-refractivity contribution >= 4 is 12.2 Å². The summed E-state index contributed by atoms with van der Waals surface area (Å²) in [6.45, 7) is 3.57. The van der Waals surface area contributed by atoms with Crippen LogP contribution in [0.3, 0.4) is 0 Å². The summed E-state index contributed by atoms with van der Waals surface area (Å²) < 4.78 is 27.6. The second-order valence-electron chi connectivity index (χ2n) is 11.3. The van der Waals surface area contributed by atoms with Gasteiger partial charge in [-0.05, 0) is 44.5 Å². The van der Waals surface area contributed by atoms with Gasteiger partial charge in [0, 0.05) is 24.9 Å². The molecule has 9 nitrogen and oxygen atoms in total. The third-order valence-corrected chi connectivity index (χ3v) is 8.46. The predicted molar refractivity (Wildman–Crippen MR) is 179 cm³/mol. The molecule has 244 valence electrons. The van der Waals surface area contributed by atoms with Crippen LogP contribution < -0.4 is 10.6 Å². The highest BCUT2D eigenvalue weighted by atomic mass is 16.6. The Morgan fingerprint density at radius 1 is 0.447 bits per heavy atom. The Balaban J connectivity index is 0.750. The molecule has 2 aliphatic carbocycles. The van der Waals surface area contributed by atoms with Gasteiger partial charge in [-0.25, -0.2) is 9.59 Å². The SMILES string of the molecule is O=C(NCCOCCOCCOCCNC(=O)OCC1c2ccccc2-c2ccccc21)OCC1c2ccccc2-c2ccccc21. The van der Waals surface area contributed by atoms with E-state index < -0.39 is 12.2 Å². The second kappa shape index (κ2) is 16.2. The molecule has 0 bridgehead atoms. The lowest BCUT2D eigenvalue weighted by atomic mass is 9.98. The molecule has 0 unspecified atom stereocenters. The minimum absolute atomic E-state index is 0.0307. The summed E-state index contributed by atoms with van der Waals surface area (Å²) in [5.41, 5.74) is 9.51. The van der Waals surface area contributed by atoms with Gasteiger partial charge in [0.1, 0.15) is 13.2 Å². The Bertz CT molecular complexity index is 1450. The van der Waals surface area contributed by atoms with Crippen LogP contribution in [0.1, 0.15) is 34.1 Å². The molecule has 0 saturated heterocycles. The molecule has 2 aliphatic rings. The van der Waals surface area contributed by atoms with Crippen LogP contribution in [0.15, 0.2) is 97.1 Å². The zero-order chi connectivity index (χ0) is 32.3. The molecule has 0 aliphatic heterocycles. The molecule has 2 N–H and O–H groups in total. The summed E-state index contributed by atoms with van der Waals surface area (Å²) in [7, 11) is 0. The molecule has 0 spiro atoms. The average Bonchev–Trinajstić information content (AvgIpc) is 3.61. The van der Waals surface area contributed by atoms with Crippen LogP contribution in [-0.4, -0.2) is 78.1 Å². The zero-order valence-electron chi connectivity index (χ0n) is 26.3. The molecule has 2 amide bonds. The van der Waals surface area contributed by atoms with Crippen molar-refractivity contribution in [2.45, 2.75) is 11.8 Å². The van der Waals surface area contributed by atoms with Crippen molar-refractivity contribution in [2.24, 2.45) is 0 Å². The van der Waals surface area contributed by atoms with E-state index in [0.717, 1.165) is 0 Å². The lowest BCUT2D eigenvalue weighted by Crippen LogP contribution is -2.29. The standard InChI is InChI=1S/C38H40N2O7/c41-37(46-25-35-31-13-5-1-9-27(31)28-10-2-6-14-32(28)35)39-17-19-43-21-23-45-24-22-44-20-18-40-38(42)47-26-36-33-15-7-3-11-29(33)30-12-4-8-16-34(30)36/h1-16,35-36H,17-26H2,(H,39,41)(H,40,42). The number of nitrogens with one attached hydrogen (secondary N) is 2. The normalized spacial score (nSPS) is 12.9. The highest BCUT2D eigenvalue weighted by molar-refractivity contribution is 5.80. The van der Waals surface area contributed by atoms with E-state index in [0.29, 0.717) is 52.7 Å². The fourth-order valence-electron chi connectivity index (χ4n) is 6.29. The van der Waals surface area contributed by atoms with Gasteiger partial charge in [0.25, 0.3) is 0 Å². The van der Waals surface area contributed by atoms with Gasteiger partial charge in [-0.1, -0.05) is 97.1 Å². The van der Waals surface area contributed by atoms with E-state index in [4.69, 9.17) is 23.7 Å². The number of hydrogen-bond donors (Lipinski definition) is 2. The largest absolute Gasteiger partial charge is 0.449 e. The van der Waals surface area contributed by atoms with Gasteiger partial charge in [-0.15, -0.1) is 0 Å². The maximum absolute atomic E-state index is 12.3. The Labute approximate surface area is 275 Å². The number of carbonyl (C=O) groups excluding carboxylic acids is 2. The van der Waals surface area contributed by atoms with E-state index in [1.54, 1.807) is 0 Å². The lowest BCUT2D eigenvalue weighted by Gasteiger charge is -2.14. The molecule has 0 aromatic heterocycles. The van der Waals surface area contributed by atoms with Crippen LogP contribution in [0.25, 0.3) is 22.3 Å². The van der Waals surface area contributed by atoms with Crippen molar-refractivity contribution in [3.63, 3.8) is 0 Å². The highest BCUT2D eigenvalue weighted by Gasteiger charge is 2.30. The first-order valence-corrected chi connectivity index (χ1v) is 16.1. The molecule has 0 saturated carbocycles. The van der Waals surface area contributed by atoms with Crippen molar-refractivity contribution in [1.82, 2.24) is 10.6 Å². The molecule has 6 rings (SSSR count). The summed E-state index contributed by atoms with van der Waals surface area (Å²) in [5, 5.41) is 5.47. The molecule has 4 aromatic rings. The van der Waals surface area contributed by atoms with E-state index in [1.165, 1.54) is 44.5 Å². The summed E-state index contributed by atoms with van der Waals surface area (Å²) in [5.74, 6) is 0.0613. The summed E-state index contributed by atoms with van der Waals surface area (Å²) in [4.78, 5) is 24.5. The van der Waals surface area contributed by atoms with Gasteiger partial charge in [-0.3, -0.25) is 0 Å². The third kappa shape index (κ3) is 8.00. The Morgan fingerprint density at radius 2 is 0.745 bits per heavy atom. The van der Waals surface area contributed by atoms with Crippen molar-refractivity contribution < 1.29 is 33.3 Å². The van der Waals surface area contributed by atoms with Crippen LogP contribution in [0.2, 0.25) is 0 Å². The van der Waals surface area contributed by atoms with Crippen LogP contribution in [-0.2, 0) is 23.7 Å². The number of alkyl carbamates (subject to hydrolysis) is 2. The molecule has 0 atom stereocenters. The van der Waals surface area contributed by atoms with Crippen LogP contribution in [0.5, 0.6) is 0 Å². The second-order valence-corrected chi connectivity index (χ2v) is 11.3. The zero-order valence-corrected chi connectivity index (χ0v) is 26.3. The fraction of sp³-hybridized carbons (Fsp3) is 0.316. The number of hydrogen-bond acceptors (Lipinski definition) is 7. The molecule has 0 heterocycles. The maximum atomic E-state index is 12.3. The number of fused-ring (bicyclic) bond motifs is 6. The number of amides is 2. The first-order valence-electron chi connectivity index (χ1n) is 16.1. The molecular formula is C38H40N2O7. The Hall–Kier alpha value is -4.70. The molecule has 9 heteroatoms. The highest BCUT2D eigenvalue weighted by Crippen LogP contribution is 2.45. The van der Waals surface area contributed by atoms with Crippen molar-refractivity contribution in [1.29, 1.82) is 0 Å². The van der Waals surface area contributed by atoms with Crippen molar-refractivity contribution in [2.75, 3.05) is 65.9 Å². The van der Waals surface area contributed by atoms with Gasteiger partial charge in [-0.2, -0.15) is 0 Å². The number of carbonyl (C=O) groups is 2. The number of ether oxygens (including phenoxy) is 5. The Kier molecular flexibility index (Phi) is 11.1. The quantitative estimate of drug-likeness (QED) is 0.143. The van der Waals surface area contributed by atoms with E-state index in [1.807, 2.05) is 48.5 Å². The van der Waals surface area contributed by atoms with E-state index in [-0.39, 0.29) is 25.0 Å². The Morgan fingerprint density at radius 3 is 1.09 bits per heavy atom. The number of benzene rings is 4. The smallest absolute Gasteiger partial charge is 0.407 e. The third-order valence-electron chi connectivity index (χ3n) is 8.46. The van der Waals surface area contributed by atoms with Crippen LogP contribution in [0, 0.1) is 0 Å². The van der Waals surface area contributed by atoms with Gasteiger partial charge in [0.05, 0.1) is 39.6 Å². The lowest BCUT2D eigenvalue weighted by molar-refractivity contribution is 0.0155. The first-order chi connectivity index (χ1) is 23.2. The van der Waals surface area contributed by atoms with Gasteiger partial charge in [0.2, 0.25) is 0 Å². The van der Waals surface area contributed by atoms with E-state index >= 15 is 0 Å². The van der Waals surface area contributed by atoms with Crippen LogP contribution in [0.4, 0.5) is 9.59 Å². The minimum Gasteiger partial charge on any atom is -0.449 e. The number of rotatable bonds is 16. The van der Waals surface area contributed by atoms with Crippen molar-refractivity contribution in [3.8, 4) is 22.3 Å². The topological polar surface area (TPSA) is 104 Å². The molecule has 47 heavy (non-hydrogen) atoms. The minimum atomic E-state index is -0.461. The molecule has 0 fully saturated rings. The fourth-order valence-corrected chi connectivity index (χ4v) is 6.29. The van der Waals surface area contributed by atoms with Gasteiger partial charge < -0.3 is 34.3 Å². The van der Waals surface area contributed by atoms with Gasteiger partial charge in [0.15, 0.2) is 0 Å². The molecular weight excluding hydrogens is 596 g/mol. The van der Waals surface area contributed by atoms with E-state index in [9.17, 15) is 9.59 Å². The summed E-state index contributed by atoms with van der Waals surface area (Å²) >= 11 is 0. The van der Waals surface area contributed by atoms with Crippen LogP contribution >= 0.6 is 0 Å². The maximum Gasteiger partial charge on any atom is 0.407 e. The monoisotopic (exact) mass is 636 g/mol. The molecule has 4 aromatic carbocycles. The summed E-state index contributed by atoms with van der Waals surface area (Å²) in [6, 6.07) is 33.0. The van der Waals surface area contributed by atoms with Crippen molar-refractivity contribution in [3.05, 3.63) is 119 Å². The van der Waals surface area contributed by atoms with E-state index in [2.05, 4.69) is 59.2 Å². The predicted octanol–water partition coefficient (Wildman–Crippen LogP) is 6.11. The average molecular weight is 637 g/mol. The first kappa shape index (κ1) is 32.2. The summed E-state index contributed by atoms with van der Waals surface area (Å²) in [6.07, 6.45) is -0.922. The molecule has 0 radical (unpaired) electrons.